The molecule has 4 rings (SSSR count). The van der Waals surface area contributed by atoms with Gasteiger partial charge in [-0.05, 0) is 55.4 Å². The van der Waals surface area contributed by atoms with Crippen LogP contribution in [0.2, 0.25) is 0 Å². The molecule has 2 aromatic rings. The third-order valence-corrected chi connectivity index (χ3v) is 6.12. The summed E-state index contributed by atoms with van der Waals surface area (Å²) < 4.78 is 5.59. The van der Waals surface area contributed by atoms with Crippen molar-refractivity contribution in [3.05, 3.63) is 71.3 Å². The van der Waals surface area contributed by atoms with E-state index in [0.717, 1.165) is 30.4 Å². The summed E-state index contributed by atoms with van der Waals surface area (Å²) in [5.74, 6) is 0. The van der Waals surface area contributed by atoms with Crippen LogP contribution < -0.4 is 0 Å². The molecule has 2 unspecified atom stereocenters. The third kappa shape index (κ3) is 4.44. The molecular formula is C24H26N2O3. The molecule has 0 aromatic heterocycles. The van der Waals surface area contributed by atoms with Crippen molar-refractivity contribution in [2.75, 3.05) is 0 Å². The molecule has 150 valence electrons. The highest BCUT2D eigenvalue weighted by Gasteiger charge is 2.47. The van der Waals surface area contributed by atoms with Crippen molar-refractivity contribution in [1.29, 1.82) is 5.26 Å². The first-order chi connectivity index (χ1) is 14.1. The fourth-order valence-corrected chi connectivity index (χ4v) is 4.84. The Kier molecular flexibility index (Phi) is 5.55. The van der Waals surface area contributed by atoms with Gasteiger partial charge in [0.1, 0.15) is 6.61 Å². The van der Waals surface area contributed by atoms with E-state index in [1.807, 2.05) is 47.4 Å². The Morgan fingerprint density at radius 3 is 2.34 bits per heavy atom. The van der Waals surface area contributed by atoms with Crippen LogP contribution in [0.4, 0.5) is 4.79 Å². The van der Waals surface area contributed by atoms with Gasteiger partial charge < -0.3 is 14.7 Å². The van der Waals surface area contributed by atoms with Crippen molar-refractivity contribution in [2.45, 2.75) is 62.8 Å². The van der Waals surface area contributed by atoms with Crippen LogP contribution in [0, 0.1) is 11.3 Å². The summed E-state index contributed by atoms with van der Waals surface area (Å²) in [6, 6.07) is 19.2. The lowest BCUT2D eigenvalue weighted by Crippen LogP contribution is -2.60. The van der Waals surface area contributed by atoms with Crippen LogP contribution in [-0.2, 0) is 17.8 Å². The van der Waals surface area contributed by atoms with E-state index in [9.17, 15) is 9.90 Å². The number of piperidine rings is 2. The average molecular weight is 390 g/mol. The van der Waals surface area contributed by atoms with Crippen molar-refractivity contribution in [3.8, 4) is 6.07 Å². The maximum Gasteiger partial charge on any atom is 0.410 e. The highest BCUT2D eigenvalue weighted by Crippen LogP contribution is 2.41. The molecule has 0 aliphatic carbocycles. The second-order valence-corrected chi connectivity index (χ2v) is 8.30. The van der Waals surface area contributed by atoms with E-state index in [1.54, 1.807) is 12.1 Å². The average Bonchev–Trinajstić information content (AvgIpc) is 2.72. The SMILES string of the molecule is N#Cc1ccc(CC2(O)CC3CCCC(C2)N3C(=O)OCc2ccccc2)cc1. The first-order valence-electron chi connectivity index (χ1n) is 10.3. The minimum atomic E-state index is -0.833. The lowest BCUT2D eigenvalue weighted by atomic mass is 9.73. The van der Waals surface area contributed by atoms with Crippen molar-refractivity contribution < 1.29 is 14.6 Å². The number of amides is 1. The summed E-state index contributed by atoms with van der Waals surface area (Å²) in [6.07, 6.45) is 4.25. The Hall–Kier alpha value is -2.84. The van der Waals surface area contributed by atoms with Gasteiger partial charge in [-0.2, -0.15) is 5.26 Å². The second-order valence-electron chi connectivity index (χ2n) is 8.30. The quantitative estimate of drug-likeness (QED) is 0.850. The number of rotatable bonds is 4. The Bertz CT molecular complexity index is 875. The van der Waals surface area contributed by atoms with E-state index >= 15 is 0 Å². The molecule has 5 heteroatoms. The van der Waals surface area contributed by atoms with Crippen molar-refractivity contribution in [2.24, 2.45) is 0 Å². The maximum atomic E-state index is 12.8. The molecule has 2 saturated heterocycles. The second kappa shape index (κ2) is 8.26. The molecule has 2 fully saturated rings. The molecule has 2 aliphatic rings. The lowest BCUT2D eigenvalue weighted by molar-refractivity contribution is -0.0845. The summed E-state index contributed by atoms with van der Waals surface area (Å²) in [5, 5.41) is 20.3. The molecule has 2 heterocycles. The van der Waals surface area contributed by atoms with Gasteiger partial charge in [-0.15, -0.1) is 0 Å². The predicted molar refractivity (Wildman–Crippen MR) is 109 cm³/mol. The molecule has 2 aliphatic heterocycles. The lowest BCUT2D eigenvalue weighted by Gasteiger charge is -2.51. The molecule has 0 saturated carbocycles. The van der Waals surface area contributed by atoms with Crippen LogP contribution in [0.3, 0.4) is 0 Å². The topological polar surface area (TPSA) is 73.6 Å². The van der Waals surface area contributed by atoms with Crippen LogP contribution in [0.1, 0.15) is 48.8 Å². The summed E-state index contributed by atoms with van der Waals surface area (Å²) in [6.45, 7) is 0.269. The number of fused-ring (bicyclic) bond motifs is 2. The standard InChI is InChI=1S/C24H26N2O3/c25-16-19-11-9-18(10-12-19)13-24(28)14-21-7-4-8-22(15-24)26(21)23(27)29-17-20-5-2-1-3-6-20/h1-3,5-6,9-12,21-22,28H,4,7-8,13-15,17H2. The van der Waals surface area contributed by atoms with Gasteiger partial charge in [-0.1, -0.05) is 42.5 Å². The Labute approximate surface area is 171 Å². The number of carbonyl (C=O) groups is 1. The molecule has 1 N–H and O–H groups in total. The highest BCUT2D eigenvalue weighted by molar-refractivity contribution is 5.69. The van der Waals surface area contributed by atoms with Crippen LogP contribution in [-0.4, -0.2) is 33.8 Å². The zero-order valence-corrected chi connectivity index (χ0v) is 16.5. The number of ether oxygens (including phenoxy) is 1. The van der Waals surface area contributed by atoms with Gasteiger partial charge in [0.25, 0.3) is 0 Å². The smallest absolute Gasteiger partial charge is 0.410 e. The van der Waals surface area contributed by atoms with Gasteiger partial charge >= 0.3 is 6.09 Å². The van der Waals surface area contributed by atoms with Crippen LogP contribution in [0.5, 0.6) is 0 Å². The largest absolute Gasteiger partial charge is 0.445 e. The zero-order chi connectivity index (χ0) is 20.3. The van der Waals surface area contributed by atoms with Gasteiger partial charge in [-0.25, -0.2) is 4.79 Å². The van der Waals surface area contributed by atoms with E-state index in [2.05, 4.69) is 6.07 Å². The Morgan fingerprint density at radius 1 is 1.07 bits per heavy atom. The van der Waals surface area contributed by atoms with Gasteiger partial charge in [0.05, 0.1) is 17.2 Å². The first-order valence-corrected chi connectivity index (χ1v) is 10.3. The molecule has 5 nitrogen and oxygen atoms in total. The van der Waals surface area contributed by atoms with Crippen molar-refractivity contribution in [1.82, 2.24) is 4.90 Å². The molecule has 29 heavy (non-hydrogen) atoms. The summed E-state index contributed by atoms with van der Waals surface area (Å²) in [4.78, 5) is 14.7. The highest BCUT2D eigenvalue weighted by atomic mass is 16.6. The van der Waals surface area contributed by atoms with Gasteiger partial charge in [0.2, 0.25) is 0 Å². The van der Waals surface area contributed by atoms with E-state index in [4.69, 9.17) is 10.00 Å². The number of aliphatic hydroxyl groups is 1. The first kappa shape index (κ1) is 19.5. The Balaban J connectivity index is 1.42. The van der Waals surface area contributed by atoms with Gasteiger partial charge in [-0.3, -0.25) is 0 Å². The Morgan fingerprint density at radius 2 is 1.72 bits per heavy atom. The van der Waals surface area contributed by atoms with Crippen molar-refractivity contribution in [3.63, 3.8) is 0 Å². The normalized spacial score (nSPS) is 25.9. The molecule has 0 spiro atoms. The number of hydrogen-bond acceptors (Lipinski definition) is 4. The number of benzene rings is 2. The minimum Gasteiger partial charge on any atom is -0.445 e. The third-order valence-electron chi connectivity index (χ3n) is 6.12. The molecule has 1 amide bonds. The minimum absolute atomic E-state index is 0.00848. The predicted octanol–water partition coefficient (Wildman–Crippen LogP) is 4.19. The molecule has 0 radical (unpaired) electrons. The summed E-state index contributed by atoms with van der Waals surface area (Å²) in [7, 11) is 0. The zero-order valence-electron chi connectivity index (χ0n) is 16.5. The van der Waals surface area contributed by atoms with E-state index < -0.39 is 5.60 Å². The monoisotopic (exact) mass is 390 g/mol. The van der Waals surface area contributed by atoms with E-state index in [-0.39, 0.29) is 24.8 Å². The summed E-state index contributed by atoms with van der Waals surface area (Å²) in [5.41, 5.74) is 1.78. The molecule has 2 atom stereocenters. The van der Waals surface area contributed by atoms with Crippen LogP contribution >= 0.6 is 0 Å². The maximum absolute atomic E-state index is 12.8. The summed E-state index contributed by atoms with van der Waals surface area (Å²) >= 11 is 0. The van der Waals surface area contributed by atoms with Gasteiger partial charge in [0, 0.05) is 18.5 Å². The van der Waals surface area contributed by atoms with E-state index in [1.165, 1.54) is 0 Å². The number of nitrogens with zero attached hydrogens (tertiary/aromatic N) is 2. The fourth-order valence-electron chi connectivity index (χ4n) is 4.84. The fraction of sp³-hybridized carbons (Fsp3) is 0.417. The van der Waals surface area contributed by atoms with Gasteiger partial charge in [0.15, 0.2) is 0 Å². The van der Waals surface area contributed by atoms with Crippen molar-refractivity contribution >= 4 is 6.09 Å². The van der Waals surface area contributed by atoms with Crippen LogP contribution in [0.15, 0.2) is 54.6 Å². The number of hydrogen-bond donors (Lipinski definition) is 1. The van der Waals surface area contributed by atoms with E-state index in [0.29, 0.717) is 24.8 Å². The number of carbonyl (C=O) groups excluding carboxylic acids is 1. The molecular weight excluding hydrogens is 364 g/mol. The van der Waals surface area contributed by atoms with Crippen LogP contribution in [0.25, 0.3) is 0 Å². The molecule has 2 bridgehead atoms. The molecule has 2 aromatic carbocycles. The number of nitriles is 1.